The first kappa shape index (κ1) is 18.3. The first-order chi connectivity index (χ1) is 10.8. The summed E-state index contributed by atoms with van der Waals surface area (Å²) in [6, 6.07) is 5.43. The van der Waals surface area contributed by atoms with Gasteiger partial charge in [-0.05, 0) is 43.5 Å². The van der Waals surface area contributed by atoms with Gasteiger partial charge in [0, 0.05) is 10.5 Å². The molecule has 7 heteroatoms. The van der Waals surface area contributed by atoms with Crippen molar-refractivity contribution in [2.24, 2.45) is 0 Å². The molecule has 0 radical (unpaired) electrons. The molecule has 1 aliphatic carbocycles. The fourth-order valence-corrected chi connectivity index (χ4v) is 3.93. The lowest BCUT2D eigenvalue weighted by atomic mass is 9.95. The van der Waals surface area contributed by atoms with Crippen LogP contribution in [0.1, 0.15) is 37.7 Å². The van der Waals surface area contributed by atoms with Crippen LogP contribution in [-0.4, -0.2) is 33.2 Å². The quantitative estimate of drug-likeness (QED) is 0.822. The summed E-state index contributed by atoms with van der Waals surface area (Å²) in [5, 5.41) is 2.96. The van der Waals surface area contributed by atoms with Gasteiger partial charge in [-0.25, -0.2) is 8.42 Å². The van der Waals surface area contributed by atoms with Crippen LogP contribution >= 0.6 is 15.9 Å². The number of anilines is 1. The van der Waals surface area contributed by atoms with Crippen molar-refractivity contribution in [1.29, 1.82) is 0 Å². The predicted octanol–water partition coefficient (Wildman–Crippen LogP) is 2.97. The SMILES string of the molecule is Cc1cc(N(CC(=O)NC2CCCCC2)S(C)(=O)=O)ccc1Br. The van der Waals surface area contributed by atoms with Gasteiger partial charge in [-0.1, -0.05) is 35.2 Å². The van der Waals surface area contributed by atoms with Gasteiger partial charge in [0.25, 0.3) is 0 Å². The number of amides is 1. The molecule has 2 rings (SSSR count). The number of hydrogen-bond donors (Lipinski definition) is 1. The third-order valence-electron chi connectivity index (χ3n) is 4.09. The van der Waals surface area contributed by atoms with E-state index in [-0.39, 0.29) is 18.5 Å². The minimum Gasteiger partial charge on any atom is -0.352 e. The minimum absolute atomic E-state index is 0.171. The number of sulfonamides is 1. The molecule has 1 fully saturated rings. The molecule has 5 nitrogen and oxygen atoms in total. The molecule has 0 bridgehead atoms. The molecule has 0 atom stereocenters. The maximum Gasteiger partial charge on any atom is 0.240 e. The van der Waals surface area contributed by atoms with Gasteiger partial charge in [0.05, 0.1) is 11.9 Å². The zero-order valence-corrected chi connectivity index (χ0v) is 15.9. The largest absolute Gasteiger partial charge is 0.352 e. The molecule has 0 unspecified atom stereocenters. The molecule has 1 N–H and O–H groups in total. The molecule has 1 aromatic carbocycles. The Hall–Kier alpha value is -1.08. The number of nitrogens with zero attached hydrogens (tertiary/aromatic N) is 1. The van der Waals surface area contributed by atoms with Gasteiger partial charge in [-0.3, -0.25) is 9.10 Å². The molecular formula is C16H23BrN2O3S. The summed E-state index contributed by atoms with van der Waals surface area (Å²) in [5.41, 5.74) is 1.43. The Labute approximate surface area is 146 Å². The van der Waals surface area contributed by atoms with E-state index in [4.69, 9.17) is 0 Å². The van der Waals surface area contributed by atoms with Crippen LogP contribution in [0, 0.1) is 6.92 Å². The van der Waals surface area contributed by atoms with Crippen LogP contribution in [-0.2, 0) is 14.8 Å². The molecule has 0 spiro atoms. The number of rotatable bonds is 5. The summed E-state index contributed by atoms with van der Waals surface area (Å²) in [6.45, 7) is 1.70. The molecule has 1 amide bonds. The molecule has 1 aliphatic rings. The topological polar surface area (TPSA) is 66.5 Å². The molecule has 23 heavy (non-hydrogen) atoms. The van der Waals surface area contributed by atoms with Crippen LogP contribution in [0.4, 0.5) is 5.69 Å². The van der Waals surface area contributed by atoms with E-state index in [1.807, 2.05) is 6.92 Å². The van der Waals surface area contributed by atoms with Gasteiger partial charge < -0.3 is 5.32 Å². The van der Waals surface area contributed by atoms with Crippen molar-refractivity contribution in [3.63, 3.8) is 0 Å². The van der Waals surface area contributed by atoms with Crippen molar-refractivity contribution in [2.75, 3.05) is 17.1 Å². The maximum atomic E-state index is 12.3. The second-order valence-electron chi connectivity index (χ2n) is 6.11. The van der Waals surface area contributed by atoms with Crippen molar-refractivity contribution in [3.8, 4) is 0 Å². The lowest BCUT2D eigenvalue weighted by Gasteiger charge is -2.26. The Morgan fingerprint density at radius 3 is 2.52 bits per heavy atom. The number of halogens is 1. The van der Waals surface area contributed by atoms with Crippen LogP contribution < -0.4 is 9.62 Å². The average molecular weight is 403 g/mol. The Morgan fingerprint density at radius 1 is 1.30 bits per heavy atom. The Bertz CT molecular complexity index is 670. The van der Waals surface area contributed by atoms with Crippen LogP contribution in [0.25, 0.3) is 0 Å². The number of hydrogen-bond acceptors (Lipinski definition) is 3. The number of carbonyl (C=O) groups excluding carboxylic acids is 1. The molecule has 0 aliphatic heterocycles. The third kappa shape index (κ3) is 5.21. The van der Waals surface area contributed by atoms with E-state index < -0.39 is 10.0 Å². The zero-order valence-electron chi connectivity index (χ0n) is 13.5. The lowest BCUT2D eigenvalue weighted by Crippen LogP contribution is -2.44. The van der Waals surface area contributed by atoms with E-state index >= 15 is 0 Å². The van der Waals surface area contributed by atoms with E-state index in [9.17, 15) is 13.2 Å². The van der Waals surface area contributed by atoms with E-state index in [1.165, 1.54) is 6.42 Å². The molecule has 1 aromatic rings. The summed E-state index contributed by atoms with van der Waals surface area (Å²) in [7, 11) is -3.53. The average Bonchev–Trinajstić information content (AvgIpc) is 2.48. The number of carbonyl (C=O) groups is 1. The normalized spacial score (nSPS) is 16.1. The highest BCUT2D eigenvalue weighted by Gasteiger charge is 2.23. The van der Waals surface area contributed by atoms with Crippen LogP contribution in [0.5, 0.6) is 0 Å². The highest BCUT2D eigenvalue weighted by molar-refractivity contribution is 9.10. The standard InChI is InChI=1S/C16H23BrN2O3S/c1-12-10-14(8-9-15(12)17)19(23(2,21)22)11-16(20)18-13-6-4-3-5-7-13/h8-10,13H,3-7,11H2,1-2H3,(H,18,20). The van der Waals surface area contributed by atoms with Gasteiger partial charge >= 0.3 is 0 Å². The maximum absolute atomic E-state index is 12.3. The predicted molar refractivity (Wildman–Crippen MR) is 96.1 cm³/mol. The van der Waals surface area contributed by atoms with E-state index in [0.29, 0.717) is 5.69 Å². The van der Waals surface area contributed by atoms with Crippen molar-refractivity contribution in [1.82, 2.24) is 5.32 Å². The molecular weight excluding hydrogens is 380 g/mol. The van der Waals surface area contributed by atoms with Gasteiger partial charge in [0.2, 0.25) is 15.9 Å². The van der Waals surface area contributed by atoms with E-state index in [1.54, 1.807) is 18.2 Å². The van der Waals surface area contributed by atoms with Gasteiger partial charge in [0.1, 0.15) is 6.54 Å². The fourth-order valence-electron chi connectivity index (χ4n) is 2.83. The van der Waals surface area contributed by atoms with Crippen molar-refractivity contribution in [3.05, 3.63) is 28.2 Å². The second kappa shape index (κ2) is 7.66. The number of benzene rings is 1. The Balaban J connectivity index is 2.12. The number of nitrogens with one attached hydrogen (secondary N) is 1. The highest BCUT2D eigenvalue weighted by Crippen LogP contribution is 2.24. The first-order valence-electron chi connectivity index (χ1n) is 7.80. The third-order valence-corrected chi connectivity index (χ3v) is 6.12. The monoisotopic (exact) mass is 402 g/mol. The number of aryl methyl sites for hydroxylation is 1. The highest BCUT2D eigenvalue weighted by atomic mass is 79.9. The molecule has 0 aromatic heterocycles. The van der Waals surface area contributed by atoms with Crippen LogP contribution in [0.3, 0.4) is 0 Å². The zero-order chi connectivity index (χ0) is 17.0. The van der Waals surface area contributed by atoms with E-state index in [2.05, 4.69) is 21.2 Å². The van der Waals surface area contributed by atoms with Crippen LogP contribution in [0.2, 0.25) is 0 Å². The molecule has 1 saturated carbocycles. The fraction of sp³-hybridized carbons (Fsp3) is 0.562. The van der Waals surface area contributed by atoms with Crippen LogP contribution in [0.15, 0.2) is 22.7 Å². The van der Waals surface area contributed by atoms with Gasteiger partial charge in [0.15, 0.2) is 0 Å². The van der Waals surface area contributed by atoms with Crippen molar-refractivity contribution < 1.29 is 13.2 Å². The smallest absolute Gasteiger partial charge is 0.240 e. The Morgan fingerprint density at radius 2 is 1.96 bits per heavy atom. The molecule has 128 valence electrons. The van der Waals surface area contributed by atoms with E-state index in [0.717, 1.165) is 46.3 Å². The summed E-state index contributed by atoms with van der Waals surface area (Å²) >= 11 is 3.40. The summed E-state index contributed by atoms with van der Waals surface area (Å²) in [4.78, 5) is 12.3. The second-order valence-corrected chi connectivity index (χ2v) is 8.87. The summed E-state index contributed by atoms with van der Waals surface area (Å²) < 4.78 is 26.2. The van der Waals surface area contributed by atoms with Gasteiger partial charge in [-0.15, -0.1) is 0 Å². The minimum atomic E-state index is -3.53. The molecule has 0 saturated heterocycles. The summed E-state index contributed by atoms with van der Waals surface area (Å²) in [5.74, 6) is -0.247. The van der Waals surface area contributed by atoms with Crippen molar-refractivity contribution >= 4 is 37.5 Å². The van der Waals surface area contributed by atoms with Crippen molar-refractivity contribution in [2.45, 2.75) is 45.1 Å². The lowest BCUT2D eigenvalue weighted by molar-refractivity contribution is -0.120. The van der Waals surface area contributed by atoms with Gasteiger partial charge in [-0.2, -0.15) is 0 Å². The molecule has 0 heterocycles. The summed E-state index contributed by atoms with van der Waals surface area (Å²) in [6.07, 6.45) is 6.52. The first-order valence-corrected chi connectivity index (χ1v) is 10.4. The Kier molecular flexibility index (Phi) is 6.08.